The highest BCUT2D eigenvalue weighted by atomic mass is 16.5. The molecule has 21 heavy (non-hydrogen) atoms. The Labute approximate surface area is 126 Å². The fourth-order valence-corrected chi connectivity index (χ4v) is 1.87. The average Bonchev–Trinajstić information content (AvgIpc) is 2.52. The standard InChI is InChI=1S/C19H20O2/c1-15(2)14-21-19-11-7-6-10-17(19)12-13-18(20)16-8-4-3-5-9-16/h3-13,15H,14H2,1-2H3/b13-12+. The van der Waals surface area contributed by atoms with Gasteiger partial charge in [-0.2, -0.15) is 0 Å². The van der Waals surface area contributed by atoms with E-state index in [-0.39, 0.29) is 5.78 Å². The van der Waals surface area contributed by atoms with Crippen molar-refractivity contribution in [1.29, 1.82) is 0 Å². The van der Waals surface area contributed by atoms with Crippen LogP contribution in [0.1, 0.15) is 29.8 Å². The first-order valence-electron chi connectivity index (χ1n) is 7.16. The van der Waals surface area contributed by atoms with Crippen LogP contribution in [0.15, 0.2) is 60.7 Å². The number of ether oxygens (including phenoxy) is 1. The molecule has 108 valence electrons. The first kappa shape index (κ1) is 15.0. The van der Waals surface area contributed by atoms with E-state index in [0.717, 1.165) is 11.3 Å². The van der Waals surface area contributed by atoms with Crippen molar-refractivity contribution in [3.8, 4) is 5.75 Å². The molecule has 2 aromatic rings. The largest absolute Gasteiger partial charge is 0.493 e. The molecule has 0 aliphatic carbocycles. The Bertz CT molecular complexity index is 612. The summed E-state index contributed by atoms with van der Waals surface area (Å²) in [6.07, 6.45) is 3.40. The molecule has 0 bridgehead atoms. The lowest BCUT2D eigenvalue weighted by molar-refractivity contribution is 0.104. The molecular weight excluding hydrogens is 260 g/mol. The van der Waals surface area contributed by atoms with Gasteiger partial charge in [-0.1, -0.05) is 62.4 Å². The number of benzene rings is 2. The number of hydrogen-bond donors (Lipinski definition) is 0. The smallest absolute Gasteiger partial charge is 0.185 e. The lowest BCUT2D eigenvalue weighted by Gasteiger charge is -2.10. The van der Waals surface area contributed by atoms with Gasteiger partial charge in [-0.05, 0) is 24.1 Å². The van der Waals surface area contributed by atoms with E-state index in [4.69, 9.17) is 4.74 Å². The van der Waals surface area contributed by atoms with E-state index >= 15 is 0 Å². The third kappa shape index (κ3) is 4.60. The second-order valence-corrected chi connectivity index (χ2v) is 5.31. The van der Waals surface area contributed by atoms with Gasteiger partial charge >= 0.3 is 0 Å². The lowest BCUT2D eigenvalue weighted by Crippen LogP contribution is -2.05. The molecule has 0 radical (unpaired) electrons. The molecule has 0 heterocycles. The van der Waals surface area contributed by atoms with Crippen LogP contribution in [-0.4, -0.2) is 12.4 Å². The van der Waals surface area contributed by atoms with Crippen molar-refractivity contribution in [1.82, 2.24) is 0 Å². The van der Waals surface area contributed by atoms with Gasteiger partial charge in [0.25, 0.3) is 0 Å². The van der Waals surface area contributed by atoms with E-state index in [1.807, 2.05) is 60.7 Å². The minimum absolute atomic E-state index is 0.00531. The van der Waals surface area contributed by atoms with Crippen LogP contribution in [0.5, 0.6) is 5.75 Å². The molecule has 0 spiro atoms. The Balaban J connectivity index is 2.12. The maximum Gasteiger partial charge on any atom is 0.185 e. The van der Waals surface area contributed by atoms with Gasteiger partial charge in [-0.25, -0.2) is 0 Å². The zero-order chi connectivity index (χ0) is 15.1. The number of rotatable bonds is 6. The molecule has 0 aromatic heterocycles. The van der Waals surface area contributed by atoms with Gasteiger partial charge in [-0.3, -0.25) is 4.79 Å². The van der Waals surface area contributed by atoms with E-state index in [2.05, 4.69) is 13.8 Å². The highest BCUT2D eigenvalue weighted by Crippen LogP contribution is 2.20. The van der Waals surface area contributed by atoms with E-state index in [9.17, 15) is 4.79 Å². The van der Waals surface area contributed by atoms with E-state index in [1.54, 1.807) is 6.08 Å². The Morgan fingerprint density at radius 3 is 2.43 bits per heavy atom. The zero-order valence-corrected chi connectivity index (χ0v) is 12.5. The number of allylic oxidation sites excluding steroid dienone is 1. The van der Waals surface area contributed by atoms with Gasteiger partial charge in [0.05, 0.1) is 6.61 Å². The first-order chi connectivity index (χ1) is 10.2. The van der Waals surface area contributed by atoms with Crippen molar-refractivity contribution in [2.45, 2.75) is 13.8 Å². The molecule has 2 aromatic carbocycles. The third-order valence-corrected chi connectivity index (χ3v) is 2.96. The second kappa shape index (κ2) is 7.44. The monoisotopic (exact) mass is 280 g/mol. The Hall–Kier alpha value is -2.35. The molecule has 2 rings (SSSR count). The molecule has 0 aliphatic heterocycles. The summed E-state index contributed by atoms with van der Waals surface area (Å²) in [7, 11) is 0. The Morgan fingerprint density at radius 2 is 1.71 bits per heavy atom. The Kier molecular flexibility index (Phi) is 5.33. The SMILES string of the molecule is CC(C)COc1ccccc1/C=C/C(=O)c1ccccc1. The summed E-state index contributed by atoms with van der Waals surface area (Å²) < 4.78 is 5.77. The molecule has 0 amide bonds. The molecule has 0 aliphatic rings. The summed E-state index contributed by atoms with van der Waals surface area (Å²) in [5.41, 5.74) is 1.61. The quantitative estimate of drug-likeness (QED) is 0.570. The minimum atomic E-state index is -0.00531. The predicted octanol–water partition coefficient (Wildman–Crippen LogP) is 4.62. The third-order valence-electron chi connectivity index (χ3n) is 2.96. The zero-order valence-electron chi connectivity index (χ0n) is 12.5. The van der Waals surface area contributed by atoms with Gasteiger partial charge in [0.15, 0.2) is 5.78 Å². The van der Waals surface area contributed by atoms with Crippen LogP contribution >= 0.6 is 0 Å². The van der Waals surface area contributed by atoms with Gasteiger partial charge in [0, 0.05) is 11.1 Å². The van der Waals surface area contributed by atoms with Crippen LogP contribution in [0.2, 0.25) is 0 Å². The summed E-state index contributed by atoms with van der Waals surface area (Å²) in [5.74, 6) is 1.27. The topological polar surface area (TPSA) is 26.3 Å². The summed E-state index contributed by atoms with van der Waals surface area (Å²) in [5, 5.41) is 0. The molecular formula is C19H20O2. The highest BCUT2D eigenvalue weighted by molar-refractivity contribution is 6.06. The number of para-hydroxylation sites is 1. The van der Waals surface area contributed by atoms with Crippen molar-refractivity contribution in [3.63, 3.8) is 0 Å². The molecule has 0 N–H and O–H groups in total. The van der Waals surface area contributed by atoms with Crippen molar-refractivity contribution in [2.75, 3.05) is 6.61 Å². The highest BCUT2D eigenvalue weighted by Gasteiger charge is 2.03. The van der Waals surface area contributed by atoms with Gasteiger partial charge in [0.2, 0.25) is 0 Å². The number of carbonyl (C=O) groups excluding carboxylic acids is 1. The fourth-order valence-electron chi connectivity index (χ4n) is 1.87. The number of hydrogen-bond acceptors (Lipinski definition) is 2. The predicted molar refractivity (Wildman–Crippen MR) is 86.6 cm³/mol. The van der Waals surface area contributed by atoms with Gasteiger partial charge in [0.1, 0.15) is 5.75 Å². The average molecular weight is 280 g/mol. The maximum absolute atomic E-state index is 12.1. The van der Waals surface area contributed by atoms with Crippen molar-refractivity contribution < 1.29 is 9.53 Å². The van der Waals surface area contributed by atoms with E-state index < -0.39 is 0 Å². The molecule has 0 saturated carbocycles. The van der Waals surface area contributed by atoms with Crippen LogP contribution in [0.25, 0.3) is 6.08 Å². The summed E-state index contributed by atoms with van der Waals surface area (Å²) in [6.45, 7) is 4.88. The van der Waals surface area contributed by atoms with E-state index in [1.165, 1.54) is 0 Å². The molecule has 2 heteroatoms. The summed E-state index contributed by atoms with van der Waals surface area (Å²) in [6, 6.07) is 17.0. The molecule has 0 atom stereocenters. The van der Waals surface area contributed by atoms with Gasteiger partial charge in [-0.15, -0.1) is 0 Å². The van der Waals surface area contributed by atoms with Crippen molar-refractivity contribution >= 4 is 11.9 Å². The molecule has 0 saturated heterocycles. The molecule has 0 unspecified atom stereocenters. The van der Waals surface area contributed by atoms with Crippen LogP contribution in [0.4, 0.5) is 0 Å². The Morgan fingerprint density at radius 1 is 1.05 bits per heavy atom. The number of carbonyl (C=O) groups is 1. The molecule has 2 nitrogen and oxygen atoms in total. The maximum atomic E-state index is 12.1. The lowest BCUT2D eigenvalue weighted by atomic mass is 10.1. The fraction of sp³-hybridized carbons (Fsp3) is 0.211. The second-order valence-electron chi connectivity index (χ2n) is 5.31. The summed E-state index contributed by atoms with van der Waals surface area (Å²) >= 11 is 0. The minimum Gasteiger partial charge on any atom is -0.493 e. The number of ketones is 1. The van der Waals surface area contributed by atoms with Crippen LogP contribution in [0.3, 0.4) is 0 Å². The van der Waals surface area contributed by atoms with Crippen LogP contribution in [0, 0.1) is 5.92 Å². The first-order valence-corrected chi connectivity index (χ1v) is 7.16. The van der Waals surface area contributed by atoms with E-state index in [0.29, 0.717) is 18.1 Å². The van der Waals surface area contributed by atoms with Crippen molar-refractivity contribution in [3.05, 3.63) is 71.8 Å². The van der Waals surface area contributed by atoms with Gasteiger partial charge < -0.3 is 4.74 Å². The van der Waals surface area contributed by atoms with Crippen LogP contribution < -0.4 is 4.74 Å². The summed E-state index contributed by atoms with van der Waals surface area (Å²) in [4.78, 5) is 12.1. The van der Waals surface area contributed by atoms with Crippen molar-refractivity contribution in [2.24, 2.45) is 5.92 Å². The normalized spacial score (nSPS) is 11.0. The molecule has 0 fully saturated rings. The van der Waals surface area contributed by atoms with Crippen LogP contribution in [-0.2, 0) is 0 Å².